The van der Waals surface area contributed by atoms with E-state index in [2.05, 4.69) is 0 Å². The van der Waals surface area contributed by atoms with Crippen molar-refractivity contribution in [2.45, 2.75) is 34.6 Å². The number of methoxy groups -OCH3 is 1. The number of allylic oxidation sites excluding steroid dienone is 1. The van der Waals surface area contributed by atoms with Crippen LogP contribution in [0.2, 0.25) is 0 Å². The third kappa shape index (κ3) is 9.36. The average Bonchev–Trinajstić information content (AvgIpc) is 2.41. The van der Waals surface area contributed by atoms with Gasteiger partial charge in [0, 0.05) is 0 Å². The van der Waals surface area contributed by atoms with Crippen molar-refractivity contribution >= 4 is 11.9 Å². The fourth-order valence-electron chi connectivity index (χ4n) is 0.929. The molecule has 0 saturated heterocycles. The van der Waals surface area contributed by atoms with Gasteiger partial charge < -0.3 is 4.74 Å². The van der Waals surface area contributed by atoms with E-state index in [1.165, 1.54) is 6.92 Å². The maximum absolute atomic E-state index is 10.6. The van der Waals surface area contributed by atoms with Crippen molar-refractivity contribution in [2.75, 3.05) is 7.11 Å². The Hall–Kier alpha value is -1.57. The molecule has 0 atom stereocenters. The molecule has 1 rings (SSSR count). The van der Waals surface area contributed by atoms with Gasteiger partial charge in [0.15, 0.2) is 5.78 Å². The largest absolute Gasteiger partial charge is 0.497 e. The summed E-state index contributed by atoms with van der Waals surface area (Å²) in [6, 6.07) is 7.52. The summed E-state index contributed by atoms with van der Waals surface area (Å²) in [5.41, 5.74) is 0.996. The molecule has 0 aromatic heterocycles. The second kappa shape index (κ2) is 12.5. The topological polar surface area (TPSA) is 26.3 Å². The number of hydrogen-bond acceptors (Lipinski definition) is 2. The zero-order chi connectivity index (χ0) is 13.7. The first-order valence-electron chi connectivity index (χ1n) is 6.05. The van der Waals surface area contributed by atoms with E-state index in [1.54, 1.807) is 19.3 Å². The molecule has 0 aliphatic rings. The molecule has 0 N–H and O–H groups in total. The summed E-state index contributed by atoms with van der Waals surface area (Å²) in [6.45, 7) is 9.53. The van der Waals surface area contributed by atoms with Gasteiger partial charge in [-0.1, -0.05) is 45.9 Å². The van der Waals surface area contributed by atoms with E-state index < -0.39 is 0 Å². The summed E-state index contributed by atoms with van der Waals surface area (Å²) < 4.78 is 5.00. The first-order chi connectivity index (χ1) is 8.22. The Morgan fingerprint density at radius 1 is 1.06 bits per heavy atom. The second-order valence-electron chi connectivity index (χ2n) is 2.72. The third-order valence-corrected chi connectivity index (χ3v) is 1.63. The summed E-state index contributed by atoms with van der Waals surface area (Å²) >= 11 is 0. The predicted octanol–water partition coefficient (Wildman–Crippen LogP) is 4.35. The number of carbonyl (C=O) groups is 1. The van der Waals surface area contributed by atoms with Gasteiger partial charge in [0.1, 0.15) is 5.75 Å². The highest BCUT2D eigenvalue weighted by atomic mass is 16.5. The summed E-state index contributed by atoms with van der Waals surface area (Å²) in [7, 11) is 1.63. The van der Waals surface area contributed by atoms with Crippen LogP contribution >= 0.6 is 0 Å². The van der Waals surface area contributed by atoms with Crippen LogP contribution in [0.25, 0.3) is 6.08 Å². The Balaban J connectivity index is 0. The molecular formula is C15H24O2. The van der Waals surface area contributed by atoms with E-state index in [4.69, 9.17) is 4.74 Å². The average molecular weight is 236 g/mol. The van der Waals surface area contributed by atoms with Gasteiger partial charge in [0.25, 0.3) is 0 Å². The predicted molar refractivity (Wildman–Crippen MR) is 75.4 cm³/mol. The number of ether oxygens (including phenoxy) is 1. The number of carbonyl (C=O) groups excluding carboxylic acids is 1. The first kappa shape index (κ1) is 17.8. The van der Waals surface area contributed by atoms with Crippen LogP contribution in [0.3, 0.4) is 0 Å². The van der Waals surface area contributed by atoms with Gasteiger partial charge in [-0.15, -0.1) is 0 Å². The molecule has 0 radical (unpaired) electrons. The molecule has 0 fully saturated rings. The number of ketones is 1. The minimum atomic E-state index is 0.0517. The van der Waals surface area contributed by atoms with Crippen LogP contribution < -0.4 is 4.74 Å². The van der Waals surface area contributed by atoms with Crippen LogP contribution in [-0.2, 0) is 4.79 Å². The molecule has 0 unspecified atom stereocenters. The Kier molecular flexibility index (Phi) is 13.1. The highest BCUT2D eigenvalue weighted by molar-refractivity contribution is 5.91. The quantitative estimate of drug-likeness (QED) is 0.729. The van der Waals surface area contributed by atoms with Crippen LogP contribution in [-0.4, -0.2) is 12.9 Å². The van der Waals surface area contributed by atoms with E-state index in [9.17, 15) is 4.79 Å². The lowest BCUT2D eigenvalue weighted by Crippen LogP contribution is -1.82. The highest BCUT2D eigenvalue weighted by Gasteiger charge is 1.90. The number of hydrogen-bond donors (Lipinski definition) is 0. The molecule has 0 heterocycles. The van der Waals surface area contributed by atoms with E-state index in [1.807, 2.05) is 52.0 Å². The van der Waals surface area contributed by atoms with Crippen LogP contribution in [0.1, 0.15) is 40.2 Å². The van der Waals surface area contributed by atoms with Crippen molar-refractivity contribution < 1.29 is 9.53 Å². The van der Waals surface area contributed by atoms with Gasteiger partial charge in [0.2, 0.25) is 0 Å². The van der Waals surface area contributed by atoms with Crippen LogP contribution in [0.4, 0.5) is 0 Å². The van der Waals surface area contributed by atoms with Crippen LogP contribution in [0.15, 0.2) is 30.3 Å². The van der Waals surface area contributed by atoms with Crippen molar-refractivity contribution in [1.29, 1.82) is 0 Å². The fourth-order valence-corrected chi connectivity index (χ4v) is 0.929. The second-order valence-corrected chi connectivity index (χ2v) is 2.72. The number of rotatable bonds is 3. The highest BCUT2D eigenvalue weighted by Crippen LogP contribution is 2.11. The minimum absolute atomic E-state index is 0.0517. The zero-order valence-corrected chi connectivity index (χ0v) is 11.8. The van der Waals surface area contributed by atoms with E-state index >= 15 is 0 Å². The zero-order valence-electron chi connectivity index (χ0n) is 11.8. The molecule has 0 saturated carbocycles. The fraction of sp³-hybridized carbons (Fsp3) is 0.400. The molecule has 0 amide bonds. The lowest BCUT2D eigenvalue weighted by molar-refractivity contribution is -0.112. The van der Waals surface area contributed by atoms with Crippen LogP contribution in [0, 0.1) is 0 Å². The van der Waals surface area contributed by atoms with Gasteiger partial charge in [-0.25, -0.2) is 0 Å². The molecule has 96 valence electrons. The van der Waals surface area contributed by atoms with Crippen molar-refractivity contribution in [3.8, 4) is 5.75 Å². The molecule has 0 aliphatic carbocycles. The molecule has 0 spiro atoms. The van der Waals surface area contributed by atoms with Crippen molar-refractivity contribution in [3.63, 3.8) is 0 Å². The van der Waals surface area contributed by atoms with E-state index in [0.717, 1.165) is 11.3 Å². The monoisotopic (exact) mass is 236 g/mol. The lowest BCUT2D eigenvalue weighted by atomic mass is 10.2. The maximum atomic E-state index is 10.6. The smallest absolute Gasteiger partial charge is 0.152 e. The van der Waals surface area contributed by atoms with Gasteiger partial charge in [-0.2, -0.15) is 0 Å². The van der Waals surface area contributed by atoms with Gasteiger partial charge in [-0.3, -0.25) is 4.79 Å². The molecular weight excluding hydrogens is 212 g/mol. The summed E-state index contributed by atoms with van der Waals surface area (Å²) in [6.07, 6.45) is 3.32. The third-order valence-electron chi connectivity index (χ3n) is 1.63. The summed E-state index contributed by atoms with van der Waals surface area (Å²) in [5.74, 6) is 0.871. The van der Waals surface area contributed by atoms with Crippen molar-refractivity contribution in [1.82, 2.24) is 0 Å². The Bertz CT molecular complexity index is 310. The SMILES string of the molecule is CC.CC.COc1ccc(/C=C/C(C)=O)cc1. The molecule has 2 nitrogen and oxygen atoms in total. The Morgan fingerprint density at radius 2 is 1.53 bits per heavy atom. The van der Waals surface area contributed by atoms with E-state index in [0.29, 0.717) is 0 Å². The van der Waals surface area contributed by atoms with Gasteiger partial charge in [0.05, 0.1) is 7.11 Å². The Morgan fingerprint density at radius 3 is 1.88 bits per heavy atom. The van der Waals surface area contributed by atoms with Gasteiger partial charge >= 0.3 is 0 Å². The molecule has 0 aliphatic heterocycles. The number of benzene rings is 1. The van der Waals surface area contributed by atoms with E-state index in [-0.39, 0.29) is 5.78 Å². The van der Waals surface area contributed by atoms with Crippen molar-refractivity contribution in [3.05, 3.63) is 35.9 Å². The van der Waals surface area contributed by atoms with Crippen molar-refractivity contribution in [2.24, 2.45) is 0 Å². The van der Waals surface area contributed by atoms with Crippen LogP contribution in [0.5, 0.6) is 5.75 Å². The normalized spacial score (nSPS) is 8.59. The maximum Gasteiger partial charge on any atom is 0.152 e. The minimum Gasteiger partial charge on any atom is -0.497 e. The molecule has 2 heteroatoms. The first-order valence-corrected chi connectivity index (χ1v) is 6.05. The molecule has 17 heavy (non-hydrogen) atoms. The summed E-state index contributed by atoms with van der Waals surface area (Å²) in [4.78, 5) is 10.6. The Labute approximate surface area is 105 Å². The lowest BCUT2D eigenvalue weighted by Gasteiger charge is -1.98. The molecule has 1 aromatic rings. The molecule has 1 aromatic carbocycles. The molecule has 0 bridgehead atoms. The van der Waals surface area contributed by atoms with Gasteiger partial charge in [-0.05, 0) is 30.7 Å². The standard InChI is InChI=1S/C11H12O2.2C2H6/c1-9(12)3-4-10-5-7-11(13-2)8-6-10;2*1-2/h3-8H,1-2H3;2*1-2H3/b4-3+;;. The summed E-state index contributed by atoms with van der Waals surface area (Å²) in [5, 5.41) is 0.